The molecule has 24 heavy (non-hydrogen) atoms. The topological polar surface area (TPSA) is 23.6 Å². The molecule has 2 aliphatic rings. The molecule has 2 heterocycles. The summed E-state index contributed by atoms with van der Waals surface area (Å²) in [6, 6.07) is 8.36. The summed E-state index contributed by atoms with van der Waals surface area (Å²) in [4.78, 5) is 16.8. The van der Waals surface area contributed by atoms with E-state index in [0.717, 1.165) is 23.1 Å². The number of ketones is 1. The molecule has 3 nitrogen and oxygen atoms in total. The summed E-state index contributed by atoms with van der Waals surface area (Å²) in [7, 11) is 2.04. The highest BCUT2D eigenvalue weighted by atomic mass is 32.2. The average Bonchev–Trinajstić information content (AvgIpc) is 3.16. The Morgan fingerprint density at radius 2 is 1.96 bits per heavy atom. The lowest BCUT2D eigenvalue weighted by molar-refractivity contribution is -0.112. The zero-order valence-corrected chi connectivity index (χ0v) is 16.2. The number of anilines is 1. The van der Waals surface area contributed by atoms with E-state index in [-0.39, 0.29) is 11.2 Å². The smallest absolute Gasteiger partial charge is 0.167 e. The molecule has 5 heteroatoms. The van der Waals surface area contributed by atoms with Gasteiger partial charge in [0.2, 0.25) is 0 Å². The summed E-state index contributed by atoms with van der Waals surface area (Å²) in [6.45, 7) is 6.42. The van der Waals surface area contributed by atoms with Crippen LogP contribution >= 0.6 is 24.0 Å². The number of allylic oxidation sites excluding steroid dienone is 2. The Morgan fingerprint density at radius 3 is 2.62 bits per heavy atom. The SMILES string of the molecule is CN1/C(=C/C(=O)CSC(=S)N2CCCC2)C(C)(C)c2ccccc21. The molecular weight excluding hydrogens is 336 g/mol. The maximum absolute atomic E-state index is 12.5. The molecule has 0 radical (unpaired) electrons. The third kappa shape index (κ3) is 3.24. The van der Waals surface area contributed by atoms with Crippen molar-refractivity contribution in [3.8, 4) is 0 Å². The second-order valence-electron chi connectivity index (χ2n) is 6.95. The van der Waals surface area contributed by atoms with Gasteiger partial charge >= 0.3 is 0 Å². The minimum Gasteiger partial charge on any atom is -0.358 e. The number of thioether (sulfide) groups is 1. The molecule has 1 aromatic carbocycles. The van der Waals surface area contributed by atoms with Crippen molar-refractivity contribution in [2.24, 2.45) is 0 Å². The molecule has 0 aliphatic carbocycles. The molecule has 0 bridgehead atoms. The number of nitrogens with zero attached hydrogens (tertiary/aromatic N) is 2. The van der Waals surface area contributed by atoms with Crippen molar-refractivity contribution in [1.82, 2.24) is 4.90 Å². The van der Waals surface area contributed by atoms with Gasteiger partial charge in [-0.1, -0.05) is 56.0 Å². The van der Waals surface area contributed by atoms with E-state index < -0.39 is 0 Å². The standard InChI is InChI=1S/C19H24N2OS2/c1-19(2)15-8-4-5-9-16(15)20(3)17(19)12-14(22)13-24-18(23)21-10-6-7-11-21/h4-5,8-9,12H,6-7,10-11,13H2,1-3H3/b17-12+. The quantitative estimate of drug-likeness (QED) is 0.599. The van der Waals surface area contributed by atoms with Gasteiger partial charge in [0.25, 0.3) is 0 Å². The van der Waals surface area contributed by atoms with Gasteiger partial charge in [0.05, 0.1) is 5.75 Å². The molecule has 0 spiro atoms. The minimum atomic E-state index is -0.152. The monoisotopic (exact) mass is 360 g/mol. The number of carbonyl (C=O) groups excluding carboxylic acids is 1. The summed E-state index contributed by atoms with van der Waals surface area (Å²) < 4.78 is 0.863. The Bertz CT molecular complexity index is 690. The number of rotatable bonds is 3. The molecule has 0 N–H and O–H groups in total. The Morgan fingerprint density at radius 1 is 1.29 bits per heavy atom. The van der Waals surface area contributed by atoms with Crippen molar-refractivity contribution in [2.45, 2.75) is 32.1 Å². The van der Waals surface area contributed by atoms with Crippen LogP contribution in [0.2, 0.25) is 0 Å². The van der Waals surface area contributed by atoms with Crippen LogP contribution in [0.4, 0.5) is 5.69 Å². The van der Waals surface area contributed by atoms with Crippen molar-refractivity contribution in [1.29, 1.82) is 0 Å². The maximum Gasteiger partial charge on any atom is 0.167 e. The second-order valence-corrected chi connectivity index (χ2v) is 8.55. The van der Waals surface area contributed by atoms with Crippen LogP contribution in [0.1, 0.15) is 32.3 Å². The summed E-state index contributed by atoms with van der Waals surface area (Å²) in [6.07, 6.45) is 4.21. The Hall–Kier alpha value is -1.33. The fraction of sp³-hybridized carbons (Fsp3) is 0.474. The van der Waals surface area contributed by atoms with Gasteiger partial charge < -0.3 is 9.80 Å². The molecule has 1 fully saturated rings. The van der Waals surface area contributed by atoms with E-state index in [9.17, 15) is 4.79 Å². The first-order valence-electron chi connectivity index (χ1n) is 8.41. The van der Waals surface area contributed by atoms with E-state index in [2.05, 4.69) is 41.8 Å². The fourth-order valence-electron chi connectivity index (χ4n) is 3.58. The number of likely N-dealkylation sites (tertiary alicyclic amines) is 1. The van der Waals surface area contributed by atoms with Crippen LogP contribution in [0.25, 0.3) is 0 Å². The fourth-order valence-corrected chi connectivity index (χ4v) is 4.65. The molecule has 0 aromatic heterocycles. The predicted octanol–water partition coefficient (Wildman–Crippen LogP) is 3.98. The molecule has 0 atom stereocenters. The highest BCUT2D eigenvalue weighted by Crippen LogP contribution is 2.46. The molecule has 1 saturated heterocycles. The number of hydrogen-bond acceptors (Lipinski definition) is 4. The van der Waals surface area contributed by atoms with Gasteiger partial charge in [0.1, 0.15) is 4.32 Å². The number of likely N-dealkylation sites (N-methyl/N-ethyl adjacent to an activating group) is 1. The molecule has 3 rings (SSSR count). The van der Waals surface area contributed by atoms with Crippen LogP contribution in [-0.2, 0) is 10.2 Å². The largest absolute Gasteiger partial charge is 0.358 e. The zero-order chi connectivity index (χ0) is 17.3. The van der Waals surface area contributed by atoms with E-state index >= 15 is 0 Å². The Balaban J connectivity index is 1.69. The van der Waals surface area contributed by atoms with Crippen LogP contribution in [0, 0.1) is 0 Å². The van der Waals surface area contributed by atoms with Crippen LogP contribution in [-0.4, -0.2) is 40.9 Å². The second kappa shape index (κ2) is 6.89. The number of hydrogen-bond donors (Lipinski definition) is 0. The van der Waals surface area contributed by atoms with E-state index in [1.165, 1.54) is 35.9 Å². The zero-order valence-electron chi connectivity index (χ0n) is 14.5. The normalized spacial score (nSPS) is 20.5. The third-order valence-electron chi connectivity index (χ3n) is 4.94. The van der Waals surface area contributed by atoms with Crippen LogP contribution in [0.3, 0.4) is 0 Å². The van der Waals surface area contributed by atoms with Gasteiger partial charge in [-0.15, -0.1) is 0 Å². The first-order chi connectivity index (χ1) is 11.4. The van der Waals surface area contributed by atoms with Gasteiger partial charge in [0.15, 0.2) is 5.78 Å². The highest BCUT2D eigenvalue weighted by molar-refractivity contribution is 8.23. The molecule has 0 amide bonds. The predicted molar refractivity (Wildman–Crippen MR) is 107 cm³/mol. The van der Waals surface area contributed by atoms with Crippen molar-refractivity contribution < 1.29 is 4.79 Å². The number of fused-ring (bicyclic) bond motifs is 1. The van der Waals surface area contributed by atoms with Crippen molar-refractivity contribution in [2.75, 3.05) is 30.8 Å². The van der Waals surface area contributed by atoms with E-state index in [1.807, 2.05) is 13.1 Å². The molecule has 0 saturated carbocycles. The summed E-state index contributed by atoms with van der Waals surface area (Å²) in [5, 5.41) is 0. The van der Waals surface area contributed by atoms with Gasteiger partial charge in [-0.25, -0.2) is 0 Å². The maximum atomic E-state index is 12.5. The molecule has 0 unspecified atom stereocenters. The van der Waals surface area contributed by atoms with Crippen molar-refractivity contribution in [3.63, 3.8) is 0 Å². The molecule has 128 valence electrons. The number of para-hydroxylation sites is 1. The number of thiocarbonyl (C=S) groups is 1. The van der Waals surface area contributed by atoms with Crippen LogP contribution < -0.4 is 4.90 Å². The van der Waals surface area contributed by atoms with Gasteiger partial charge in [-0.05, 0) is 24.5 Å². The third-order valence-corrected chi connectivity index (χ3v) is 6.49. The molecular formula is C19H24N2OS2. The van der Waals surface area contributed by atoms with Gasteiger partial charge in [-0.3, -0.25) is 4.79 Å². The lowest BCUT2D eigenvalue weighted by Crippen LogP contribution is -2.25. The van der Waals surface area contributed by atoms with Crippen molar-refractivity contribution >= 4 is 39.8 Å². The van der Waals surface area contributed by atoms with Crippen LogP contribution in [0.15, 0.2) is 36.0 Å². The minimum absolute atomic E-state index is 0.129. The van der Waals surface area contributed by atoms with Crippen LogP contribution in [0.5, 0.6) is 0 Å². The number of benzene rings is 1. The highest BCUT2D eigenvalue weighted by Gasteiger charge is 2.38. The molecule has 2 aliphatic heterocycles. The van der Waals surface area contributed by atoms with Gasteiger partial charge in [0, 0.05) is 43.0 Å². The Labute approximate surface area is 154 Å². The first-order valence-corrected chi connectivity index (χ1v) is 9.80. The van der Waals surface area contributed by atoms with E-state index in [1.54, 1.807) is 6.08 Å². The van der Waals surface area contributed by atoms with Crippen molar-refractivity contribution in [3.05, 3.63) is 41.6 Å². The lowest BCUT2D eigenvalue weighted by atomic mass is 9.83. The van der Waals surface area contributed by atoms with E-state index in [4.69, 9.17) is 12.2 Å². The summed E-state index contributed by atoms with van der Waals surface area (Å²) in [5.74, 6) is 0.545. The summed E-state index contributed by atoms with van der Waals surface area (Å²) >= 11 is 6.94. The number of carbonyl (C=O) groups is 1. The van der Waals surface area contributed by atoms with E-state index in [0.29, 0.717) is 5.75 Å². The molecule has 1 aromatic rings. The Kier molecular flexibility index (Phi) is 5.02. The first kappa shape index (κ1) is 17.5. The van der Waals surface area contributed by atoms with Gasteiger partial charge in [-0.2, -0.15) is 0 Å². The average molecular weight is 361 g/mol. The summed E-state index contributed by atoms with van der Waals surface area (Å²) in [5.41, 5.74) is 3.36. The lowest BCUT2D eigenvalue weighted by Gasteiger charge is -2.24.